The van der Waals surface area contributed by atoms with Crippen molar-refractivity contribution in [1.29, 1.82) is 0 Å². The Morgan fingerprint density at radius 3 is 2.22 bits per heavy atom. The summed E-state index contributed by atoms with van der Waals surface area (Å²) in [6.45, 7) is 8.70. The van der Waals surface area contributed by atoms with Crippen molar-refractivity contribution in [1.82, 2.24) is 14.5 Å². The number of Topliss-reactive ketones (excluding diaryl/α,β-unsaturated/α-hetero) is 1. The Labute approximate surface area is 271 Å². The number of morpholine rings is 1. The molecule has 5 rings (SSSR count). The van der Waals surface area contributed by atoms with E-state index in [1.807, 2.05) is 36.4 Å². The lowest BCUT2D eigenvalue weighted by atomic mass is 9.91. The first-order valence-corrected chi connectivity index (χ1v) is 17.7. The number of ether oxygens (including phenoxy) is 3. The smallest absolute Gasteiger partial charge is 0.329 e. The van der Waals surface area contributed by atoms with Gasteiger partial charge in [0.05, 0.1) is 25.0 Å². The molecule has 4 bridgehead atoms. The van der Waals surface area contributed by atoms with Crippen LogP contribution in [0.25, 0.3) is 0 Å². The van der Waals surface area contributed by atoms with Crippen molar-refractivity contribution in [3.8, 4) is 11.5 Å². The van der Waals surface area contributed by atoms with Crippen LogP contribution < -0.4 is 10.1 Å². The minimum atomic E-state index is -3.64. The highest BCUT2D eigenvalue weighted by Crippen LogP contribution is 2.28. The van der Waals surface area contributed by atoms with E-state index < -0.39 is 45.5 Å². The number of fused-ring (bicyclic) bond motifs is 4. The molecule has 0 aromatic heterocycles. The average Bonchev–Trinajstić information content (AvgIpc) is 3.35. The Bertz CT molecular complexity index is 1520. The number of hydrogen-bond donors (Lipinski definition) is 1. The average molecular weight is 656 g/mol. The van der Waals surface area contributed by atoms with Gasteiger partial charge in [0.25, 0.3) is 0 Å². The third-order valence-corrected chi connectivity index (χ3v) is 10.4. The molecule has 0 saturated carbocycles. The molecular formula is C34H45N3O8S. The largest absolute Gasteiger partial charge is 0.458 e. The van der Waals surface area contributed by atoms with Crippen LogP contribution in [0.4, 0.5) is 0 Å². The van der Waals surface area contributed by atoms with Gasteiger partial charge in [0.15, 0.2) is 5.78 Å². The summed E-state index contributed by atoms with van der Waals surface area (Å²) in [6, 6.07) is 12.6. The third-order valence-electron chi connectivity index (χ3n) is 8.48. The van der Waals surface area contributed by atoms with E-state index in [0.29, 0.717) is 57.2 Å². The van der Waals surface area contributed by atoms with E-state index in [-0.39, 0.29) is 37.3 Å². The number of amides is 1. The van der Waals surface area contributed by atoms with Crippen LogP contribution in [0.15, 0.2) is 48.5 Å². The van der Waals surface area contributed by atoms with Gasteiger partial charge in [-0.3, -0.25) is 14.5 Å². The molecule has 2 aromatic rings. The normalized spacial score (nSPS) is 25.0. The fraction of sp³-hybridized carbons (Fsp3) is 0.559. The molecule has 3 heterocycles. The van der Waals surface area contributed by atoms with Crippen molar-refractivity contribution in [2.24, 2.45) is 5.92 Å². The van der Waals surface area contributed by atoms with Gasteiger partial charge in [0.2, 0.25) is 15.9 Å². The van der Waals surface area contributed by atoms with E-state index in [1.165, 1.54) is 4.31 Å². The molecule has 1 amide bonds. The van der Waals surface area contributed by atoms with E-state index in [2.05, 4.69) is 10.2 Å². The first-order valence-electron chi connectivity index (χ1n) is 16.1. The topological polar surface area (TPSA) is 132 Å². The third kappa shape index (κ3) is 9.15. The van der Waals surface area contributed by atoms with Crippen molar-refractivity contribution in [2.75, 3.05) is 45.1 Å². The van der Waals surface area contributed by atoms with Crippen molar-refractivity contribution in [3.63, 3.8) is 0 Å². The summed E-state index contributed by atoms with van der Waals surface area (Å²) in [5, 5.41) is 2.91. The van der Waals surface area contributed by atoms with Gasteiger partial charge in [-0.25, -0.2) is 13.2 Å². The highest BCUT2D eigenvalue weighted by atomic mass is 32.2. The molecule has 1 N–H and O–H groups in total. The summed E-state index contributed by atoms with van der Waals surface area (Å²) >= 11 is 0. The van der Waals surface area contributed by atoms with E-state index in [1.54, 1.807) is 32.9 Å². The molecule has 0 unspecified atom stereocenters. The number of esters is 1. The molecule has 250 valence electrons. The zero-order valence-electron chi connectivity index (χ0n) is 26.9. The predicted molar refractivity (Wildman–Crippen MR) is 172 cm³/mol. The summed E-state index contributed by atoms with van der Waals surface area (Å²) in [7, 11) is -3.64. The molecule has 3 aliphatic rings. The number of sulfonamides is 1. The van der Waals surface area contributed by atoms with E-state index in [4.69, 9.17) is 14.2 Å². The number of benzene rings is 2. The highest BCUT2D eigenvalue weighted by molar-refractivity contribution is 7.89. The van der Waals surface area contributed by atoms with Crippen molar-refractivity contribution >= 4 is 27.7 Å². The molecule has 46 heavy (non-hydrogen) atoms. The number of nitrogens with zero attached hydrogens (tertiary/aromatic N) is 2. The van der Waals surface area contributed by atoms with E-state index >= 15 is 0 Å². The molecular weight excluding hydrogens is 610 g/mol. The summed E-state index contributed by atoms with van der Waals surface area (Å²) in [4.78, 5) is 43.9. The Kier molecular flexibility index (Phi) is 10.8. The van der Waals surface area contributed by atoms with Crippen molar-refractivity contribution in [2.45, 2.75) is 70.6 Å². The minimum absolute atomic E-state index is 0.0191. The fourth-order valence-electron chi connectivity index (χ4n) is 6.18. The molecule has 12 heteroatoms. The molecule has 0 aliphatic carbocycles. The maximum atomic E-state index is 14.2. The number of nitrogens with one attached hydrogen (secondary N) is 1. The summed E-state index contributed by atoms with van der Waals surface area (Å²) in [5.74, 6) is -1.09. The van der Waals surface area contributed by atoms with Gasteiger partial charge in [-0.2, -0.15) is 4.31 Å². The van der Waals surface area contributed by atoms with Gasteiger partial charge in [-0.15, -0.1) is 0 Å². The molecule has 0 radical (unpaired) electrons. The lowest BCUT2D eigenvalue weighted by molar-refractivity contribution is -0.159. The van der Waals surface area contributed by atoms with Crippen LogP contribution >= 0.6 is 0 Å². The minimum Gasteiger partial charge on any atom is -0.458 e. The van der Waals surface area contributed by atoms with Crippen LogP contribution in [0, 0.1) is 5.92 Å². The molecule has 3 atom stereocenters. The standard InChI is InChI=1S/C34H45N3O8S/c1-34(2,3)45-33(40)29-21-24-7-4-9-27(19-24)44-28-10-5-8-25(20-28)22-30(37-12-6-18-46(37,41)42)31(38)23-26(32(39)35-29)11-13-36-14-16-43-17-15-36/h4-5,7-10,19-20,26,29-30H,6,11-18,21-23H2,1-3H3,(H,35,39)/t26-,29+,30+/m1/s1. The summed E-state index contributed by atoms with van der Waals surface area (Å²) in [5.41, 5.74) is 0.727. The SMILES string of the molecule is CC(C)(C)OC(=O)[C@@H]1Cc2cccc(c2)Oc2cccc(c2)C[C@H](N2CCCS2(=O)=O)C(=O)C[C@@H](CCN2CCOCC2)C(=O)N1. The molecule has 2 fully saturated rings. The zero-order valence-corrected chi connectivity index (χ0v) is 27.7. The second-order valence-corrected chi connectivity index (χ2v) is 15.3. The fourth-order valence-corrected chi connectivity index (χ4v) is 7.89. The quantitative estimate of drug-likeness (QED) is 0.483. The molecule has 11 nitrogen and oxygen atoms in total. The van der Waals surface area contributed by atoms with Gasteiger partial charge in [0.1, 0.15) is 23.1 Å². The number of ketones is 1. The van der Waals surface area contributed by atoms with Crippen LogP contribution in [-0.4, -0.2) is 98.1 Å². The van der Waals surface area contributed by atoms with Gasteiger partial charge < -0.3 is 19.5 Å². The van der Waals surface area contributed by atoms with Crippen LogP contribution in [0.3, 0.4) is 0 Å². The Hall–Kier alpha value is -3.32. The Morgan fingerprint density at radius 1 is 0.957 bits per heavy atom. The second-order valence-electron chi connectivity index (χ2n) is 13.3. The van der Waals surface area contributed by atoms with E-state index in [9.17, 15) is 22.8 Å². The number of rotatable bonds is 5. The molecule has 0 spiro atoms. The Balaban J connectivity index is 1.52. The Morgan fingerprint density at radius 2 is 1.61 bits per heavy atom. The van der Waals surface area contributed by atoms with Crippen molar-refractivity contribution < 1.29 is 37.0 Å². The monoisotopic (exact) mass is 655 g/mol. The summed E-state index contributed by atoms with van der Waals surface area (Å²) in [6.07, 6.45) is 0.922. The van der Waals surface area contributed by atoms with Gasteiger partial charge in [-0.1, -0.05) is 24.3 Å². The number of carbonyl (C=O) groups excluding carboxylic acids is 3. The number of carbonyl (C=O) groups is 3. The van der Waals surface area contributed by atoms with Crippen LogP contribution in [0.5, 0.6) is 11.5 Å². The summed E-state index contributed by atoms with van der Waals surface area (Å²) < 4.78 is 44.8. The van der Waals surface area contributed by atoms with Crippen LogP contribution in [-0.2, 0) is 46.7 Å². The highest BCUT2D eigenvalue weighted by Gasteiger charge is 2.40. The lowest BCUT2D eigenvalue weighted by Gasteiger charge is -2.30. The molecule has 2 saturated heterocycles. The van der Waals surface area contributed by atoms with Crippen molar-refractivity contribution in [3.05, 3.63) is 59.7 Å². The van der Waals surface area contributed by atoms with Crippen LogP contribution in [0.1, 0.15) is 51.2 Å². The lowest BCUT2D eigenvalue weighted by Crippen LogP contribution is -2.49. The van der Waals surface area contributed by atoms with Gasteiger partial charge in [-0.05, 0) is 82.0 Å². The predicted octanol–water partition coefficient (Wildman–Crippen LogP) is 3.11. The van der Waals surface area contributed by atoms with Gasteiger partial charge in [0, 0.05) is 38.4 Å². The maximum absolute atomic E-state index is 14.2. The molecule has 3 aliphatic heterocycles. The first kappa shape index (κ1) is 34.0. The first-order chi connectivity index (χ1) is 21.9. The van der Waals surface area contributed by atoms with Crippen LogP contribution in [0.2, 0.25) is 0 Å². The van der Waals surface area contributed by atoms with E-state index in [0.717, 1.165) is 11.1 Å². The maximum Gasteiger partial charge on any atom is 0.329 e. The van der Waals surface area contributed by atoms with Gasteiger partial charge >= 0.3 is 5.97 Å². The second kappa shape index (κ2) is 14.6. The number of hydrogen-bond acceptors (Lipinski definition) is 9. The zero-order chi connectivity index (χ0) is 32.9. The molecule has 2 aromatic carbocycles.